The molecule has 0 aromatic carbocycles. The molecule has 1 aliphatic rings. The Morgan fingerprint density at radius 1 is 0.800 bits per heavy atom. The highest BCUT2D eigenvalue weighted by Crippen LogP contribution is 2.05. The summed E-state index contributed by atoms with van der Waals surface area (Å²) in [7, 11) is 0. The fourth-order valence-corrected chi connectivity index (χ4v) is 2.71. The molecule has 0 spiro atoms. The molecule has 0 aliphatic carbocycles. The number of hydrogen-bond donors (Lipinski definition) is 3. The largest absolute Gasteiger partial charge is 0.392 e. The van der Waals surface area contributed by atoms with E-state index in [-0.39, 0.29) is 18.3 Å². The van der Waals surface area contributed by atoms with E-state index in [0.29, 0.717) is 13.1 Å². The van der Waals surface area contributed by atoms with Gasteiger partial charge in [-0.05, 0) is 20.8 Å². The van der Waals surface area contributed by atoms with Crippen LogP contribution in [0.25, 0.3) is 0 Å². The van der Waals surface area contributed by atoms with Crippen molar-refractivity contribution in [2.24, 2.45) is 0 Å². The molecule has 3 N–H and O–H groups in total. The van der Waals surface area contributed by atoms with Crippen molar-refractivity contribution in [1.29, 1.82) is 0 Å². The second kappa shape index (κ2) is 8.92. The smallest absolute Gasteiger partial charge is 0.0639 e. The molecule has 1 rings (SSSR count). The Balaban J connectivity index is 2.34. The Labute approximate surface area is 122 Å². The predicted molar refractivity (Wildman–Crippen MR) is 79.5 cm³/mol. The molecule has 0 saturated carbocycles. The van der Waals surface area contributed by atoms with Crippen LogP contribution in [-0.2, 0) is 0 Å². The van der Waals surface area contributed by atoms with Crippen LogP contribution in [0.2, 0.25) is 0 Å². The van der Waals surface area contributed by atoms with Crippen molar-refractivity contribution in [2.45, 2.75) is 39.1 Å². The fourth-order valence-electron chi connectivity index (χ4n) is 2.71. The molecule has 0 aromatic heterocycles. The Morgan fingerprint density at radius 3 is 1.65 bits per heavy atom. The minimum absolute atomic E-state index is 0.275. The molecule has 120 valence electrons. The van der Waals surface area contributed by atoms with Crippen LogP contribution in [-0.4, -0.2) is 101 Å². The SMILES string of the molecule is C[C@H](O)CN(C[C@@H](C)O)CN1CCN(C[C@@H](C)O)CC1. The van der Waals surface area contributed by atoms with E-state index in [1.165, 1.54) is 0 Å². The average molecular weight is 289 g/mol. The number of piperazine rings is 1. The van der Waals surface area contributed by atoms with E-state index >= 15 is 0 Å². The van der Waals surface area contributed by atoms with E-state index in [0.717, 1.165) is 39.4 Å². The summed E-state index contributed by atoms with van der Waals surface area (Å²) >= 11 is 0. The molecular formula is C14H31N3O3. The van der Waals surface area contributed by atoms with Gasteiger partial charge in [-0.25, -0.2) is 0 Å². The summed E-state index contributed by atoms with van der Waals surface area (Å²) in [4.78, 5) is 6.71. The Morgan fingerprint density at radius 2 is 1.25 bits per heavy atom. The lowest BCUT2D eigenvalue weighted by Crippen LogP contribution is -2.52. The molecule has 20 heavy (non-hydrogen) atoms. The second-order valence-electron chi connectivity index (χ2n) is 6.14. The molecule has 0 radical (unpaired) electrons. The van der Waals surface area contributed by atoms with Crippen molar-refractivity contribution in [2.75, 3.05) is 52.5 Å². The van der Waals surface area contributed by atoms with Gasteiger partial charge in [0.05, 0.1) is 25.0 Å². The van der Waals surface area contributed by atoms with Crippen molar-refractivity contribution in [3.05, 3.63) is 0 Å². The molecule has 3 atom stereocenters. The summed E-state index contributed by atoms with van der Waals surface area (Å²) in [6, 6.07) is 0. The highest BCUT2D eigenvalue weighted by atomic mass is 16.3. The quantitative estimate of drug-likeness (QED) is 0.533. The van der Waals surface area contributed by atoms with Crippen molar-refractivity contribution in [3.8, 4) is 0 Å². The highest BCUT2D eigenvalue weighted by Gasteiger charge is 2.20. The topological polar surface area (TPSA) is 70.4 Å². The third-order valence-corrected chi connectivity index (χ3v) is 3.43. The monoisotopic (exact) mass is 289 g/mol. The minimum atomic E-state index is -0.384. The molecule has 1 aliphatic heterocycles. The predicted octanol–water partition coefficient (Wildman–Crippen LogP) is -0.994. The lowest BCUT2D eigenvalue weighted by atomic mass is 10.2. The van der Waals surface area contributed by atoms with Gasteiger partial charge in [-0.3, -0.25) is 14.7 Å². The van der Waals surface area contributed by atoms with E-state index in [9.17, 15) is 15.3 Å². The fraction of sp³-hybridized carbons (Fsp3) is 1.00. The first-order valence-corrected chi connectivity index (χ1v) is 7.58. The summed E-state index contributed by atoms with van der Waals surface area (Å²) in [5, 5.41) is 28.5. The Hall–Kier alpha value is -0.240. The minimum Gasteiger partial charge on any atom is -0.392 e. The number of β-amino-alcohol motifs (C(OH)–C–C–N with tert-alkyl or cyclic N) is 1. The first-order valence-electron chi connectivity index (χ1n) is 7.58. The van der Waals surface area contributed by atoms with Gasteiger partial charge in [0.1, 0.15) is 0 Å². The first kappa shape index (κ1) is 17.8. The van der Waals surface area contributed by atoms with Crippen LogP contribution in [0.1, 0.15) is 20.8 Å². The van der Waals surface area contributed by atoms with Crippen LogP contribution in [0.5, 0.6) is 0 Å². The zero-order valence-electron chi connectivity index (χ0n) is 13.1. The van der Waals surface area contributed by atoms with Gasteiger partial charge in [-0.1, -0.05) is 0 Å². The number of aliphatic hydroxyl groups excluding tert-OH is 3. The number of hydrogen-bond acceptors (Lipinski definition) is 6. The maximum Gasteiger partial charge on any atom is 0.0639 e. The zero-order chi connectivity index (χ0) is 15.1. The molecule has 1 fully saturated rings. The third kappa shape index (κ3) is 7.52. The number of aliphatic hydroxyl groups is 3. The van der Waals surface area contributed by atoms with E-state index in [1.807, 2.05) is 6.92 Å². The summed E-state index contributed by atoms with van der Waals surface area (Å²) in [5.74, 6) is 0. The van der Waals surface area contributed by atoms with Crippen LogP contribution in [0.15, 0.2) is 0 Å². The lowest BCUT2D eigenvalue weighted by Gasteiger charge is -2.38. The van der Waals surface area contributed by atoms with Gasteiger partial charge in [0.2, 0.25) is 0 Å². The third-order valence-electron chi connectivity index (χ3n) is 3.43. The van der Waals surface area contributed by atoms with Crippen LogP contribution in [0.3, 0.4) is 0 Å². The first-order chi connectivity index (χ1) is 9.36. The Kier molecular flexibility index (Phi) is 7.94. The van der Waals surface area contributed by atoms with Gasteiger partial charge in [-0.2, -0.15) is 0 Å². The van der Waals surface area contributed by atoms with Crippen molar-refractivity contribution >= 4 is 0 Å². The maximum absolute atomic E-state index is 9.53. The summed E-state index contributed by atoms with van der Waals surface area (Å²) in [6.07, 6.45) is -1.04. The van der Waals surface area contributed by atoms with Gasteiger partial charge in [0.25, 0.3) is 0 Å². The van der Waals surface area contributed by atoms with Gasteiger partial charge < -0.3 is 15.3 Å². The number of nitrogens with zero attached hydrogens (tertiary/aromatic N) is 3. The van der Waals surface area contributed by atoms with E-state index in [1.54, 1.807) is 13.8 Å². The standard InChI is InChI=1S/C14H31N3O3/c1-12(18)8-15-4-6-16(7-5-15)11-17(9-13(2)19)10-14(3)20/h12-14,18-20H,4-11H2,1-3H3/t12-,13-,14+/m1/s1. The molecule has 0 amide bonds. The zero-order valence-corrected chi connectivity index (χ0v) is 13.1. The van der Waals surface area contributed by atoms with Gasteiger partial charge in [0, 0.05) is 45.8 Å². The highest BCUT2D eigenvalue weighted by molar-refractivity contribution is 4.74. The van der Waals surface area contributed by atoms with E-state index in [2.05, 4.69) is 14.7 Å². The van der Waals surface area contributed by atoms with Crippen LogP contribution in [0, 0.1) is 0 Å². The van der Waals surface area contributed by atoms with Gasteiger partial charge >= 0.3 is 0 Å². The summed E-state index contributed by atoms with van der Waals surface area (Å²) < 4.78 is 0. The molecular weight excluding hydrogens is 258 g/mol. The molecule has 1 heterocycles. The molecule has 0 unspecified atom stereocenters. The molecule has 6 nitrogen and oxygen atoms in total. The summed E-state index contributed by atoms with van der Waals surface area (Å²) in [5.41, 5.74) is 0. The van der Waals surface area contributed by atoms with Crippen LogP contribution in [0.4, 0.5) is 0 Å². The average Bonchev–Trinajstić information content (AvgIpc) is 2.29. The van der Waals surface area contributed by atoms with Crippen molar-refractivity contribution < 1.29 is 15.3 Å². The normalized spacial score (nSPS) is 22.9. The van der Waals surface area contributed by atoms with Crippen LogP contribution < -0.4 is 0 Å². The molecule has 0 aromatic rings. The number of rotatable bonds is 8. The second-order valence-corrected chi connectivity index (χ2v) is 6.14. The molecule has 1 saturated heterocycles. The summed E-state index contributed by atoms with van der Waals surface area (Å²) in [6.45, 7) is 11.9. The maximum atomic E-state index is 9.53. The van der Waals surface area contributed by atoms with Crippen molar-refractivity contribution in [3.63, 3.8) is 0 Å². The van der Waals surface area contributed by atoms with Crippen molar-refractivity contribution in [1.82, 2.24) is 14.7 Å². The van der Waals surface area contributed by atoms with Gasteiger partial charge in [-0.15, -0.1) is 0 Å². The van der Waals surface area contributed by atoms with Crippen LogP contribution >= 0.6 is 0 Å². The molecule has 0 bridgehead atoms. The van der Waals surface area contributed by atoms with E-state index in [4.69, 9.17) is 0 Å². The van der Waals surface area contributed by atoms with Gasteiger partial charge in [0.15, 0.2) is 0 Å². The molecule has 6 heteroatoms. The Bertz CT molecular complexity index is 244. The lowest BCUT2D eigenvalue weighted by molar-refractivity contribution is 0.0187. The van der Waals surface area contributed by atoms with E-state index < -0.39 is 0 Å².